The third kappa shape index (κ3) is 2.58. The van der Waals surface area contributed by atoms with Crippen LogP contribution in [-0.4, -0.2) is 27.4 Å². The fraction of sp³-hybridized carbons (Fsp3) is 0.235. The van der Waals surface area contributed by atoms with E-state index in [1.54, 1.807) is 24.4 Å². The summed E-state index contributed by atoms with van der Waals surface area (Å²) in [5.41, 5.74) is 2.05. The number of carbonyl (C=O) groups is 1. The number of aromatic nitrogens is 3. The van der Waals surface area contributed by atoms with E-state index >= 15 is 0 Å². The van der Waals surface area contributed by atoms with E-state index in [4.69, 9.17) is 4.74 Å². The van der Waals surface area contributed by atoms with Gasteiger partial charge in [0.15, 0.2) is 5.69 Å². The normalized spacial score (nSPS) is 14.1. The van der Waals surface area contributed by atoms with Crippen molar-refractivity contribution in [3.8, 4) is 11.3 Å². The second-order valence-electron chi connectivity index (χ2n) is 5.75. The van der Waals surface area contributed by atoms with Crippen LogP contribution < -0.4 is 0 Å². The van der Waals surface area contributed by atoms with E-state index in [2.05, 4.69) is 25.9 Å². The Kier molecular flexibility index (Phi) is 3.60. The molecule has 4 rings (SSSR count). The molecule has 2 aromatic heterocycles. The lowest BCUT2D eigenvalue weighted by atomic mass is 10.1. The van der Waals surface area contributed by atoms with Crippen molar-refractivity contribution in [2.75, 3.05) is 7.11 Å². The van der Waals surface area contributed by atoms with Crippen LogP contribution in [0.25, 0.3) is 17.0 Å². The van der Waals surface area contributed by atoms with Crippen molar-refractivity contribution in [1.29, 1.82) is 0 Å². The van der Waals surface area contributed by atoms with Gasteiger partial charge in [0, 0.05) is 21.9 Å². The predicted octanol–water partition coefficient (Wildman–Crippen LogP) is 3.96. The molecule has 0 unspecified atom stereocenters. The second kappa shape index (κ2) is 5.66. The van der Waals surface area contributed by atoms with E-state index < -0.39 is 5.97 Å². The molecule has 24 heavy (non-hydrogen) atoms. The molecule has 1 aliphatic rings. The highest BCUT2D eigenvalue weighted by atomic mass is 79.9. The summed E-state index contributed by atoms with van der Waals surface area (Å²) in [5, 5.41) is 0. The van der Waals surface area contributed by atoms with E-state index in [9.17, 15) is 9.18 Å². The molecule has 0 amide bonds. The first-order chi connectivity index (χ1) is 11.6. The van der Waals surface area contributed by atoms with Crippen molar-refractivity contribution in [2.45, 2.75) is 18.8 Å². The first-order valence-electron chi connectivity index (χ1n) is 7.50. The molecule has 0 aliphatic heterocycles. The van der Waals surface area contributed by atoms with Gasteiger partial charge in [-0.1, -0.05) is 15.9 Å². The molecule has 5 nitrogen and oxygen atoms in total. The third-order valence-corrected chi connectivity index (χ3v) is 4.56. The van der Waals surface area contributed by atoms with Crippen molar-refractivity contribution in [3.05, 3.63) is 52.1 Å². The van der Waals surface area contributed by atoms with E-state index in [0.29, 0.717) is 27.4 Å². The van der Waals surface area contributed by atoms with Gasteiger partial charge in [0.1, 0.15) is 5.82 Å². The lowest BCUT2D eigenvalue weighted by molar-refractivity contribution is 0.0594. The Labute approximate surface area is 145 Å². The van der Waals surface area contributed by atoms with Crippen molar-refractivity contribution in [1.82, 2.24) is 14.4 Å². The standard InChI is InChI=1S/C17H13BrFN3O2/c1-24-16(23)13-7-15(9-2-3-9)22-8-14(21-17(22)20-13)11-5-4-10(18)6-12(11)19/h4-9H,2-3H2,1H3. The molecular formula is C17H13BrFN3O2. The molecule has 2 heterocycles. The van der Waals surface area contributed by atoms with Crippen LogP contribution in [-0.2, 0) is 4.74 Å². The molecule has 1 saturated carbocycles. The minimum atomic E-state index is -0.501. The lowest BCUT2D eigenvalue weighted by Crippen LogP contribution is -2.08. The molecule has 0 atom stereocenters. The number of nitrogens with zero attached hydrogens (tertiary/aromatic N) is 3. The predicted molar refractivity (Wildman–Crippen MR) is 89.4 cm³/mol. The topological polar surface area (TPSA) is 56.5 Å². The number of fused-ring (bicyclic) bond motifs is 1. The zero-order valence-electron chi connectivity index (χ0n) is 12.8. The molecule has 0 bridgehead atoms. The van der Waals surface area contributed by atoms with Crippen LogP contribution in [0, 0.1) is 5.82 Å². The maximum atomic E-state index is 14.2. The van der Waals surface area contributed by atoms with Gasteiger partial charge in [-0.3, -0.25) is 4.40 Å². The molecule has 3 aromatic rings. The molecule has 1 aromatic carbocycles. The fourth-order valence-electron chi connectivity index (χ4n) is 2.72. The first-order valence-corrected chi connectivity index (χ1v) is 8.30. The number of benzene rings is 1. The number of imidazole rings is 1. The Morgan fingerprint density at radius 1 is 1.33 bits per heavy atom. The van der Waals surface area contributed by atoms with Crippen LogP contribution in [0.3, 0.4) is 0 Å². The molecule has 0 saturated heterocycles. The number of ether oxygens (including phenoxy) is 1. The van der Waals surface area contributed by atoms with E-state index in [1.165, 1.54) is 13.2 Å². The average Bonchev–Trinajstić information content (AvgIpc) is 3.32. The van der Waals surface area contributed by atoms with Gasteiger partial charge in [-0.15, -0.1) is 0 Å². The number of carbonyl (C=O) groups excluding carboxylic acids is 1. The number of rotatable bonds is 3. The summed E-state index contributed by atoms with van der Waals surface area (Å²) in [6.45, 7) is 0. The largest absolute Gasteiger partial charge is 0.464 e. The maximum absolute atomic E-state index is 14.2. The van der Waals surface area contributed by atoms with Gasteiger partial charge in [0.2, 0.25) is 5.78 Å². The maximum Gasteiger partial charge on any atom is 0.356 e. The smallest absolute Gasteiger partial charge is 0.356 e. The van der Waals surface area contributed by atoms with Crippen molar-refractivity contribution >= 4 is 27.7 Å². The Balaban J connectivity index is 1.90. The number of esters is 1. The average molecular weight is 390 g/mol. The Morgan fingerprint density at radius 3 is 2.79 bits per heavy atom. The van der Waals surface area contributed by atoms with Gasteiger partial charge in [0.05, 0.1) is 12.8 Å². The summed E-state index contributed by atoms with van der Waals surface area (Å²) in [7, 11) is 1.32. The minimum absolute atomic E-state index is 0.223. The van der Waals surface area contributed by atoms with Crippen LogP contribution in [0.1, 0.15) is 34.9 Å². The summed E-state index contributed by atoms with van der Waals surface area (Å²) < 4.78 is 21.5. The highest BCUT2D eigenvalue weighted by molar-refractivity contribution is 9.10. The summed E-state index contributed by atoms with van der Waals surface area (Å²) in [5.74, 6) is -0.124. The molecule has 1 fully saturated rings. The number of methoxy groups -OCH3 is 1. The summed E-state index contributed by atoms with van der Waals surface area (Å²) >= 11 is 3.25. The van der Waals surface area contributed by atoms with Gasteiger partial charge in [0.25, 0.3) is 0 Å². The van der Waals surface area contributed by atoms with Crippen molar-refractivity contribution in [3.63, 3.8) is 0 Å². The van der Waals surface area contributed by atoms with Gasteiger partial charge < -0.3 is 4.74 Å². The monoisotopic (exact) mass is 389 g/mol. The van der Waals surface area contributed by atoms with Gasteiger partial charge in [-0.2, -0.15) is 0 Å². The van der Waals surface area contributed by atoms with Crippen LogP contribution in [0.15, 0.2) is 34.9 Å². The molecule has 0 spiro atoms. The fourth-order valence-corrected chi connectivity index (χ4v) is 3.05. The molecule has 0 radical (unpaired) electrons. The second-order valence-corrected chi connectivity index (χ2v) is 6.67. The Hall–Kier alpha value is -2.28. The SMILES string of the molecule is COC(=O)c1cc(C2CC2)n2cc(-c3ccc(Br)cc3F)nc2n1. The van der Waals surface area contributed by atoms with E-state index in [0.717, 1.165) is 18.5 Å². The first kappa shape index (κ1) is 15.3. The number of hydrogen-bond donors (Lipinski definition) is 0. The van der Waals surface area contributed by atoms with Crippen molar-refractivity contribution < 1.29 is 13.9 Å². The van der Waals surface area contributed by atoms with Crippen molar-refractivity contribution in [2.24, 2.45) is 0 Å². The molecule has 122 valence electrons. The van der Waals surface area contributed by atoms with E-state index in [1.807, 2.05) is 4.40 Å². The van der Waals surface area contributed by atoms with Crippen LogP contribution >= 0.6 is 15.9 Å². The summed E-state index contributed by atoms with van der Waals surface area (Å²) in [4.78, 5) is 20.5. The number of halogens is 2. The molecule has 0 N–H and O–H groups in total. The molecule has 7 heteroatoms. The van der Waals surface area contributed by atoms with Crippen LogP contribution in [0.5, 0.6) is 0 Å². The summed E-state index contributed by atoms with van der Waals surface area (Å²) in [6, 6.07) is 6.56. The quantitative estimate of drug-likeness (QED) is 0.636. The summed E-state index contributed by atoms with van der Waals surface area (Å²) in [6.07, 6.45) is 3.88. The highest BCUT2D eigenvalue weighted by Crippen LogP contribution is 2.40. The zero-order chi connectivity index (χ0) is 16.8. The zero-order valence-corrected chi connectivity index (χ0v) is 14.4. The third-order valence-electron chi connectivity index (χ3n) is 4.07. The Bertz CT molecular complexity index is 966. The van der Waals surface area contributed by atoms with Gasteiger partial charge in [-0.05, 0) is 43.0 Å². The number of hydrogen-bond acceptors (Lipinski definition) is 4. The van der Waals surface area contributed by atoms with Gasteiger partial charge in [-0.25, -0.2) is 19.2 Å². The molecule has 1 aliphatic carbocycles. The van der Waals surface area contributed by atoms with Crippen LogP contribution in [0.2, 0.25) is 0 Å². The van der Waals surface area contributed by atoms with Gasteiger partial charge >= 0.3 is 5.97 Å². The lowest BCUT2D eigenvalue weighted by Gasteiger charge is -2.05. The van der Waals surface area contributed by atoms with E-state index in [-0.39, 0.29) is 11.5 Å². The highest BCUT2D eigenvalue weighted by Gasteiger charge is 2.28. The minimum Gasteiger partial charge on any atom is -0.464 e. The molecular weight excluding hydrogens is 377 g/mol. The Morgan fingerprint density at radius 2 is 2.12 bits per heavy atom. The van der Waals surface area contributed by atoms with Crippen LogP contribution in [0.4, 0.5) is 4.39 Å².